The first-order valence-corrected chi connectivity index (χ1v) is 9.49. The van der Waals surface area contributed by atoms with Gasteiger partial charge in [0.2, 0.25) is 0 Å². The molecule has 5 nitrogen and oxygen atoms in total. The minimum absolute atomic E-state index is 0.0400. The van der Waals surface area contributed by atoms with Crippen molar-refractivity contribution >= 4 is 27.6 Å². The van der Waals surface area contributed by atoms with Crippen LogP contribution in [0.1, 0.15) is 38.5 Å². The Bertz CT molecular complexity index is 569. The zero-order valence-corrected chi connectivity index (χ0v) is 15.7. The Hall–Kier alpha value is -1.27. The average molecular weight is 397 g/mol. The van der Waals surface area contributed by atoms with E-state index in [0.717, 1.165) is 42.5 Å². The normalized spacial score (nSPS) is 21.0. The van der Waals surface area contributed by atoms with E-state index in [9.17, 15) is 4.79 Å². The first-order valence-electron chi connectivity index (χ1n) is 8.70. The van der Waals surface area contributed by atoms with E-state index >= 15 is 0 Å². The van der Waals surface area contributed by atoms with Gasteiger partial charge in [-0.2, -0.15) is 0 Å². The minimum Gasteiger partial charge on any atom is -0.495 e. The maximum absolute atomic E-state index is 12.9. The number of nitrogens with one attached hydrogen (secondary N) is 1. The van der Waals surface area contributed by atoms with Gasteiger partial charge in [0.05, 0.1) is 17.7 Å². The van der Waals surface area contributed by atoms with Crippen molar-refractivity contribution in [3.63, 3.8) is 0 Å². The number of urea groups is 1. The summed E-state index contributed by atoms with van der Waals surface area (Å²) >= 11 is 3.43. The third-order valence-corrected chi connectivity index (χ3v) is 5.51. The highest BCUT2D eigenvalue weighted by Gasteiger charge is 2.30. The fraction of sp³-hybridized carbons (Fsp3) is 0.611. The Balaban J connectivity index is 1.70. The zero-order chi connectivity index (χ0) is 16.9. The van der Waals surface area contributed by atoms with E-state index < -0.39 is 0 Å². The first kappa shape index (κ1) is 17.5. The Kier molecular flexibility index (Phi) is 6.00. The van der Waals surface area contributed by atoms with Crippen molar-refractivity contribution < 1.29 is 14.3 Å². The fourth-order valence-corrected chi connectivity index (χ4v) is 3.96. The molecule has 1 heterocycles. The molecule has 132 valence electrons. The fourth-order valence-electron chi connectivity index (χ4n) is 3.55. The summed E-state index contributed by atoms with van der Waals surface area (Å²) in [4.78, 5) is 14.9. The van der Waals surface area contributed by atoms with Crippen LogP contribution in [0, 0.1) is 0 Å². The van der Waals surface area contributed by atoms with E-state index in [4.69, 9.17) is 9.47 Å². The standard InChI is InChI=1S/C18H25BrN2O3/c1-23-17-11-13(8-9-16(17)19)20-18(22)21(14-5-2-3-6-14)12-15-7-4-10-24-15/h8-9,11,14-15H,2-7,10,12H2,1H3,(H,20,22). The molecule has 0 aromatic heterocycles. The molecule has 2 amide bonds. The molecule has 0 spiro atoms. The lowest BCUT2D eigenvalue weighted by molar-refractivity contribution is 0.0729. The molecule has 1 saturated carbocycles. The number of halogens is 1. The number of ether oxygens (including phenoxy) is 2. The van der Waals surface area contributed by atoms with Crippen molar-refractivity contribution in [3.8, 4) is 5.75 Å². The number of benzene rings is 1. The van der Waals surface area contributed by atoms with Gasteiger partial charge < -0.3 is 19.7 Å². The molecule has 1 N–H and O–H groups in total. The smallest absolute Gasteiger partial charge is 0.322 e. The second kappa shape index (κ2) is 8.21. The van der Waals surface area contributed by atoms with Crippen LogP contribution in [0.2, 0.25) is 0 Å². The lowest BCUT2D eigenvalue weighted by atomic mass is 10.1. The van der Waals surface area contributed by atoms with E-state index in [0.29, 0.717) is 18.3 Å². The van der Waals surface area contributed by atoms with Crippen molar-refractivity contribution in [3.05, 3.63) is 22.7 Å². The number of hydrogen-bond acceptors (Lipinski definition) is 3. The highest BCUT2D eigenvalue weighted by Crippen LogP contribution is 2.29. The van der Waals surface area contributed by atoms with Gasteiger partial charge in [-0.05, 0) is 53.7 Å². The lowest BCUT2D eigenvalue weighted by Gasteiger charge is -2.31. The summed E-state index contributed by atoms with van der Waals surface area (Å²) in [5, 5.41) is 3.03. The molecule has 1 atom stereocenters. The second-order valence-electron chi connectivity index (χ2n) is 6.51. The van der Waals surface area contributed by atoms with Gasteiger partial charge in [0.15, 0.2) is 0 Å². The molecule has 1 aliphatic heterocycles. The van der Waals surface area contributed by atoms with E-state index in [1.54, 1.807) is 7.11 Å². The summed E-state index contributed by atoms with van der Waals surface area (Å²) in [7, 11) is 1.62. The average Bonchev–Trinajstić information content (AvgIpc) is 3.27. The summed E-state index contributed by atoms with van der Waals surface area (Å²) in [5.74, 6) is 0.708. The zero-order valence-electron chi connectivity index (χ0n) is 14.1. The van der Waals surface area contributed by atoms with Gasteiger partial charge >= 0.3 is 6.03 Å². The monoisotopic (exact) mass is 396 g/mol. The number of nitrogens with zero attached hydrogens (tertiary/aromatic N) is 1. The molecule has 0 bridgehead atoms. The van der Waals surface area contributed by atoms with Crippen LogP contribution in [0.25, 0.3) is 0 Å². The molecular formula is C18H25BrN2O3. The van der Waals surface area contributed by atoms with Crippen LogP contribution >= 0.6 is 15.9 Å². The van der Waals surface area contributed by atoms with E-state index in [-0.39, 0.29) is 12.1 Å². The number of hydrogen-bond donors (Lipinski definition) is 1. The van der Waals surface area contributed by atoms with Gasteiger partial charge in [-0.1, -0.05) is 12.8 Å². The summed E-state index contributed by atoms with van der Waals surface area (Å²) in [6, 6.07) is 5.88. The molecule has 1 unspecified atom stereocenters. The highest BCUT2D eigenvalue weighted by molar-refractivity contribution is 9.10. The second-order valence-corrected chi connectivity index (χ2v) is 7.36. The van der Waals surface area contributed by atoms with Gasteiger partial charge in [0, 0.05) is 30.9 Å². The van der Waals surface area contributed by atoms with Crippen LogP contribution in [-0.4, -0.2) is 43.3 Å². The molecule has 1 aliphatic carbocycles. The summed E-state index contributed by atoms with van der Waals surface area (Å²) in [6.07, 6.45) is 6.89. The number of anilines is 1. The predicted octanol–water partition coefficient (Wildman–Crippen LogP) is 4.41. The van der Waals surface area contributed by atoms with Crippen LogP contribution < -0.4 is 10.1 Å². The largest absolute Gasteiger partial charge is 0.495 e. The van der Waals surface area contributed by atoms with Gasteiger partial charge in [0.1, 0.15) is 5.75 Å². The van der Waals surface area contributed by atoms with Gasteiger partial charge in [-0.25, -0.2) is 4.79 Å². The predicted molar refractivity (Wildman–Crippen MR) is 97.6 cm³/mol. The van der Waals surface area contributed by atoms with Gasteiger partial charge in [-0.3, -0.25) is 0 Å². The molecule has 2 aliphatic rings. The number of rotatable bonds is 5. The Labute approximate surface area is 151 Å². The third kappa shape index (κ3) is 4.22. The molecular weight excluding hydrogens is 372 g/mol. The summed E-state index contributed by atoms with van der Waals surface area (Å²) in [6.45, 7) is 1.50. The van der Waals surface area contributed by atoms with Crippen molar-refractivity contribution in [2.45, 2.75) is 50.7 Å². The maximum Gasteiger partial charge on any atom is 0.322 e. The number of carbonyl (C=O) groups excluding carboxylic acids is 1. The Morgan fingerprint density at radius 1 is 1.33 bits per heavy atom. The van der Waals surface area contributed by atoms with E-state index in [2.05, 4.69) is 21.2 Å². The highest BCUT2D eigenvalue weighted by atomic mass is 79.9. The van der Waals surface area contributed by atoms with Crippen LogP contribution in [0.15, 0.2) is 22.7 Å². The third-order valence-electron chi connectivity index (χ3n) is 4.85. The molecule has 1 aromatic rings. The van der Waals surface area contributed by atoms with Crippen LogP contribution in [0.3, 0.4) is 0 Å². The molecule has 0 radical (unpaired) electrons. The number of carbonyl (C=O) groups is 1. The summed E-state index contributed by atoms with van der Waals surface area (Å²) in [5.41, 5.74) is 0.746. The van der Waals surface area contributed by atoms with Gasteiger partial charge in [-0.15, -0.1) is 0 Å². The Morgan fingerprint density at radius 2 is 2.12 bits per heavy atom. The molecule has 24 heavy (non-hydrogen) atoms. The van der Waals surface area contributed by atoms with Crippen LogP contribution in [0.4, 0.5) is 10.5 Å². The van der Waals surface area contributed by atoms with E-state index in [1.165, 1.54) is 12.8 Å². The SMILES string of the molecule is COc1cc(NC(=O)N(CC2CCCO2)C2CCCC2)ccc1Br. The molecule has 2 fully saturated rings. The molecule has 1 saturated heterocycles. The van der Waals surface area contributed by atoms with Crippen molar-refractivity contribution in [1.82, 2.24) is 4.90 Å². The Morgan fingerprint density at radius 3 is 2.79 bits per heavy atom. The number of methoxy groups -OCH3 is 1. The van der Waals surface area contributed by atoms with Crippen LogP contribution in [-0.2, 0) is 4.74 Å². The minimum atomic E-state index is -0.0400. The quantitative estimate of drug-likeness (QED) is 0.801. The molecule has 1 aromatic carbocycles. The van der Waals surface area contributed by atoms with Crippen molar-refractivity contribution in [2.24, 2.45) is 0 Å². The molecule has 3 rings (SSSR count). The van der Waals surface area contributed by atoms with Crippen molar-refractivity contribution in [2.75, 3.05) is 25.6 Å². The lowest BCUT2D eigenvalue weighted by Crippen LogP contribution is -2.45. The topological polar surface area (TPSA) is 50.8 Å². The van der Waals surface area contributed by atoms with Gasteiger partial charge in [0.25, 0.3) is 0 Å². The molecule has 6 heteroatoms. The first-order chi connectivity index (χ1) is 11.7. The van der Waals surface area contributed by atoms with E-state index in [1.807, 2.05) is 23.1 Å². The maximum atomic E-state index is 12.9. The van der Waals surface area contributed by atoms with Crippen LogP contribution in [0.5, 0.6) is 5.75 Å². The van der Waals surface area contributed by atoms with Crippen molar-refractivity contribution in [1.29, 1.82) is 0 Å². The number of amides is 2. The summed E-state index contributed by atoms with van der Waals surface area (Å²) < 4.78 is 11.9.